The molecule has 0 saturated carbocycles. The molecule has 1 aliphatic rings. The van der Waals surface area contributed by atoms with Crippen molar-refractivity contribution in [2.45, 2.75) is 13.0 Å². The van der Waals surface area contributed by atoms with Crippen LogP contribution in [0.2, 0.25) is 0 Å². The summed E-state index contributed by atoms with van der Waals surface area (Å²) in [5.41, 5.74) is 7.72. The standard InChI is InChI=1S/C20H22N2O4S/c1-4-26-17-10-12(8-9-16(17)25-2)15(11-27-3)22-19(23)13-6-5-7-14(21)18(13)20(22)24/h5-10,15H,4,11,21H2,1-3H3. The molecule has 2 aromatic rings. The molecule has 0 saturated heterocycles. The zero-order valence-corrected chi connectivity index (χ0v) is 16.3. The van der Waals surface area contributed by atoms with Gasteiger partial charge in [-0.25, -0.2) is 0 Å². The quantitative estimate of drug-likeness (QED) is 0.580. The third-order valence-corrected chi connectivity index (χ3v) is 5.14. The van der Waals surface area contributed by atoms with Gasteiger partial charge >= 0.3 is 0 Å². The first-order chi connectivity index (χ1) is 13.0. The molecule has 2 amide bonds. The van der Waals surface area contributed by atoms with Gasteiger partial charge in [0.25, 0.3) is 11.8 Å². The number of fused-ring (bicyclic) bond motifs is 1. The van der Waals surface area contributed by atoms with Crippen LogP contribution in [-0.2, 0) is 0 Å². The fourth-order valence-corrected chi connectivity index (χ4v) is 3.92. The van der Waals surface area contributed by atoms with Gasteiger partial charge in [-0.1, -0.05) is 12.1 Å². The van der Waals surface area contributed by atoms with Gasteiger partial charge in [0.05, 0.1) is 30.9 Å². The van der Waals surface area contributed by atoms with E-state index in [1.165, 1.54) is 4.90 Å². The topological polar surface area (TPSA) is 81.9 Å². The van der Waals surface area contributed by atoms with E-state index in [-0.39, 0.29) is 17.4 Å². The fraction of sp³-hybridized carbons (Fsp3) is 0.300. The lowest BCUT2D eigenvalue weighted by atomic mass is 10.1. The Labute approximate surface area is 162 Å². The van der Waals surface area contributed by atoms with Crippen LogP contribution < -0.4 is 15.2 Å². The molecule has 7 heteroatoms. The summed E-state index contributed by atoms with van der Waals surface area (Å²) in [5, 5.41) is 0. The van der Waals surface area contributed by atoms with Crippen molar-refractivity contribution in [3.63, 3.8) is 0 Å². The van der Waals surface area contributed by atoms with Crippen molar-refractivity contribution in [1.82, 2.24) is 4.90 Å². The van der Waals surface area contributed by atoms with E-state index in [2.05, 4.69) is 0 Å². The highest BCUT2D eigenvalue weighted by atomic mass is 32.2. The van der Waals surface area contributed by atoms with Crippen molar-refractivity contribution in [2.75, 3.05) is 31.5 Å². The van der Waals surface area contributed by atoms with E-state index in [0.29, 0.717) is 35.1 Å². The number of amides is 2. The Kier molecular flexibility index (Phi) is 5.60. The number of rotatable bonds is 7. The number of methoxy groups -OCH3 is 1. The zero-order chi connectivity index (χ0) is 19.6. The summed E-state index contributed by atoms with van der Waals surface area (Å²) in [7, 11) is 1.57. The molecular weight excluding hydrogens is 364 g/mol. The lowest BCUT2D eigenvalue weighted by Crippen LogP contribution is -2.35. The third-order valence-electron chi connectivity index (χ3n) is 4.49. The number of hydrogen-bond acceptors (Lipinski definition) is 6. The Hall–Kier alpha value is -2.67. The van der Waals surface area contributed by atoms with Crippen LogP contribution in [0.25, 0.3) is 0 Å². The number of carbonyl (C=O) groups excluding carboxylic acids is 2. The number of carbonyl (C=O) groups is 2. The van der Waals surface area contributed by atoms with Crippen molar-refractivity contribution in [3.8, 4) is 11.5 Å². The Morgan fingerprint density at radius 2 is 1.93 bits per heavy atom. The van der Waals surface area contributed by atoms with Crippen LogP contribution in [0.4, 0.5) is 5.69 Å². The molecule has 1 aliphatic heterocycles. The highest BCUT2D eigenvalue weighted by molar-refractivity contribution is 7.98. The Morgan fingerprint density at radius 3 is 2.56 bits per heavy atom. The van der Waals surface area contributed by atoms with Crippen LogP contribution in [-0.4, -0.2) is 42.4 Å². The molecule has 0 radical (unpaired) electrons. The first-order valence-electron chi connectivity index (χ1n) is 8.59. The van der Waals surface area contributed by atoms with Gasteiger partial charge in [-0.05, 0) is 43.0 Å². The van der Waals surface area contributed by atoms with Crippen molar-refractivity contribution in [1.29, 1.82) is 0 Å². The minimum atomic E-state index is -0.433. The SMILES string of the molecule is CCOc1cc(C(CSC)N2C(=O)c3cccc(N)c3C2=O)ccc1OC. The molecule has 1 heterocycles. The molecule has 0 aliphatic carbocycles. The predicted molar refractivity (Wildman–Crippen MR) is 107 cm³/mol. The lowest BCUT2D eigenvalue weighted by Gasteiger charge is -2.27. The van der Waals surface area contributed by atoms with Gasteiger partial charge < -0.3 is 15.2 Å². The number of nitrogens with two attached hydrogens (primary N) is 1. The maximum atomic E-state index is 13.0. The van der Waals surface area contributed by atoms with Crippen LogP contribution in [0.5, 0.6) is 11.5 Å². The zero-order valence-electron chi connectivity index (χ0n) is 15.5. The van der Waals surface area contributed by atoms with E-state index in [4.69, 9.17) is 15.2 Å². The van der Waals surface area contributed by atoms with Crippen molar-refractivity contribution >= 4 is 29.3 Å². The maximum Gasteiger partial charge on any atom is 0.264 e. The Morgan fingerprint density at radius 1 is 1.15 bits per heavy atom. The Balaban J connectivity index is 2.05. The van der Waals surface area contributed by atoms with Crippen LogP contribution >= 0.6 is 11.8 Å². The summed E-state index contributed by atoms with van der Waals surface area (Å²) in [6.07, 6.45) is 1.94. The molecule has 6 nitrogen and oxygen atoms in total. The monoisotopic (exact) mass is 386 g/mol. The smallest absolute Gasteiger partial charge is 0.264 e. The van der Waals surface area contributed by atoms with E-state index in [0.717, 1.165) is 5.56 Å². The second-order valence-corrected chi connectivity index (χ2v) is 6.98. The van der Waals surface area contributed by atoms with Crippen molar-refractivity contribution in [3.05, 3.63) is 53.1 Å². The van der Waals surface area contributed by atoms with E-state index >= 15 is 0 Å². The summed E-state index contributed by atoms with van der Waals surface area (Å²) in [6.45, 7) is 2.37. The molecule has 142 valence electrons. The molecule has 1 unspecified atom stereocenters. The van der Waals surface area contributed by atoms with Gasteiger partial charge in [0.1, 0.15) is 0 Å². The number of nitrogens with zero attached hydrogens (tertiary/aromatic N) is 1. The molecule has 3 rings (SSSR count). The van der Waals surface area contributed by atoms with Crippen LogP contribution in [0.1, 0.15) is 39.2 Å². The van der Waals surface area contributed by atoms with Crippen LogP contribution in [0.3, 0.4) is 0 Å². The number of benzene rings is 2. The van der Waals surface area contributed by atoms with E-state index in [1.807, 2.05) is 25.3 Å². The third kappa shape index (κ3) is 3.35. The van der Waals surface area contributed by atoms with Gasteiger partial charge in [-0.3, -0.25) is 14.5 Å². The molecular formula is C20H22N2O4S. The molecule has 2 N–H and O–H groups in total. The molecule has 0 aromatic heterocycles. The lowest BCUT2D eigenvalue weighted by molar-refractivity contribution is 0.0598. The van der Waals surface area contributed by atoms with Crippen molar-refractivity contribution in [2.24, 2.45) is 0 Å². The normalized spacial score (nSPS) is 14.3. The largest absolute Gasteiger partial charge is 0.493 e. The molecule has 2 aromatic carbocycles. The summed E-state index contributed by atoms with van der Waals surface area (Å²) < 4.78 is 11.0. The fourth-order valence-electron chi connectivity index (χ4n) is 3.26. The number of hydrogen-bond donors (Lipinski definition) is 1. The number of thioether (sulfide) groups is 1. The predicted octanol–water partition coefficient (Wildman–Crippen LogP) is 3.38. The molecule has 0 fully saturated rings. The van der Waals surface area contributed by atoms with Gasteiger partial charge in [0.15, 0.2) is 11.5 Å². The van der Waals surface area contributed by atoms with Gasteiger partial charge in [0.2, 0.25) is 0 Å². The summed E-state index contributed by atoms with van der Waals surface area (Å²) in [5.74, 6) is 1.06. The first kappa shape index (κ1) is 19.1. The minimum absolute atomic E-state index is 0.284. The highest BCUT2D eigenvalue weighted by Gasteiger charge is 2.41. The van der Waals surface area contributed by atoms with Crippen molar-refractivity contribution < 1.29 is 19.1 Å². The maximum absolute atomic E-state index is 13.0. The summed E-state index contributed by atoms with van der Waals surface area (Å²) in [6, 6.07) is 10.0. The number of anilines is 1. The van der Waals surface area contributed by atoms with Crippen LogP contribution in [0.15, 0.2) is 36.4 Å². The molecule has 0 spiro atoms. The number of ether oxygens (including phenoxy) is 2. The van der Waals surface area contributed by atoms with E-state index < -0.39 is 6.04 Å². The summed E-state index contributed by atoms with van der Waals surface area (Å²) in [4.78, 5) is 27.3. The van der Waals surface area contributed by atoms with E-state index in [9.17, 15) is 9.59 Å². The van der Waals surface area contributed by atoms with E-state index in [1.54, 1.807) is 43.1 Å². The second kappa shape index (κ2) is 7.92. The second-order valence-electron chi connectivity index (χ2n) is 6.06. The van der Waals surface area contributed by atoms with Crippen LogP contribution in [0, 0.1) is 0 Å². The van der Waals surface area contributed by atoms with Gasteiger partial charge in [-0.2, -0.15) is 11.8 Å². The molecule has 27 heavy (non-hydrogen) atoms. The Bertz CT molecular complexity index is 884. The first-order valence-corrected chi connectivity index (χ1v) is 9.98. The molecule has 1 atom stereocenters. The van der Waals surface area contributed by atoms with Gasteiger partial charge in [-0.15, -0.1) is 0 Å². The summed E-state index contributed by atoms with van der Waals surface area (Å²) >= 11 is 1.56. The highest BCUT2D eigenvalue weighted by Crippen LogP contribution is 2.38. The molecule has 0 bridgehead atoms. The van der Waals surface area contributed by atoms with Gasteiger partial charge in [0, 0.05) is 11.4 Å². The number of nitrogen functional groups attached to an aromatic ring is 1. The minimum Gasteiger partial charge on any atom is -0.493 e. The average Bonchev–Trinajstić information content (AvgIpc) is 2.92. The average molecular weight is 386 g/mol. The number of imide groups is 1.